The highest BCUT2D eigenvalue weighted by atomic mass is 16.7. The SMILES string of the molecule is Cc1cn(C)c2c(C(N)=O)cc(B3OC(C)(C)C(C)(C)O3)cc12. The van der Waals surface area contributed by atoms with E-state index in [4.69, 9.17) is 15.0 Å². The van der Waals surface area contributed by atoms with Crippen LogP contribution in [0.15, 0.2) is 18.3 Å². The van der Waals surface area contributed by atoms with Gasteiger partial charge >= 0.3 is 7.12 Å². The fraction of sp³-hybridized carbons (Fsp3) is 0.471. The molecule has 1 aliphatic rings. The molecule has 0 radical (unpaired) electrons. The predicted molar refractivity (Wildman–Crippen MR) is 91.9 cm³/mol. The van der Waals surface area contributed by atoms with E-state index in [1.807, 2.05) is 58.5 Å². The normalized spacial score (nSPS) is 19.5. The maximum Gasteiger partial charge on any atom is 0.494 e. The van der Waals surface area contributed by atoms with Crippen molar-refractivity contribution in [2.75, 3.05) is 0 Å². The molecule has 1 aromatic heterocycles. The van der Waals surface area contributed by atoms with Crippen LogP contribution in [0.4, 0.5) is 0 Å². The third-order valence-electron chi connectivity index (χ3n) is 5.09. The first-order chi connectivity index (χ1) is 10.5. The molecule has 1 aliphatic heterocycles. The molecule has 2 N–H and O–H groups in total. The number of primary amides is 1. The van der Waals surface area contributed by atoms with Crippen LogP contribution < -0.4 is 11.2 Å². The maximum atomic E-state index is 11.9. The van der Waals surface area contributed by atoms with E-state index in [0.29, 0.717) is 5.56 Å². The molecule has 122 valence electrons. The molecule has 6 heteroatoms. The first-order valence-electron chi connectivity index (χ1n) is 7.78. The van der Waals surface area contributed by atoms with Gasteiger partial charge in [-0.3, -0.25) is 4.79 Å². The Labute approximate surface area is 136 Å². The van der Waals surface area contributed by atoms with Crippen molar-refractivity contribution >= 4 is 29.4 Å². The third-order valence-corrected chi connectivity index (χ3v) is 5.09. The highest BCUT2D eigenvalue weighted by Gasteiger charge is 2.51. The molecular weight excluding hydrogens is 291 g/mol. The summed E-state index contributed by atoms with van der Waals surface area (Å²) in [4.78, 5) is 11.9. The number of benzene rings is 1. The Balaban J connectivity index is 2.17. The van der Waals surface area contributed by atoms with Crippen molar-refractivity contribution in [1.29, 1.82) is 0 Å². The minimum Gasteiger partial charge on any atom is -0.399 e. The topological polar surface area (TPSA) is 66.5 Å². The molecule has 23 heavy (non-hydrogen) atoms. The summed E-state index contributed by atoms with van der Waals surface area (Å²) < 4.78 is 14.1. The molecule has 1 saturated heterocycles. The van der Waals surface area contributed by atoms with E-state index in [1.54, 1.807) is 6.07 Å². The Bertz CT molecular complexity index is 792. The van der Waals surface area contributed by atoms with Crippen LogP contribution in [0.1, 0.15) is 43.6 Å². The van der Waals surface area contributed by atoms with E-state index in [0.717, 1.165) is 21.9 Å². The van der Waals surface area contributed by atoms with E-state index < -0.39 is 24.2 Å². The van der Waals surface area contributed by atoms with Crippen molar-refractivity contribution in [1.82, 2.24) is 4.57 Å². The van der Waals surface area contributed by atoms with Gasteiger partial charge in [0, 0.05) is 18.6 Å². The van der Waals surface area contributed by atoms with Crippen LogP contribution in [0.3, 0.4) is 0 Å². The van der Waals surface area contributed by atoms with Crippen LogP contribution in [0, 0.1) is 6.92 Å². The molecule has 2 aromatic rings. The number of nitrogens with zero attached hydrogens (tertiary/aromatic N) is 1. The number of fused-ring (bicyclic) bond motifs is 1. The van der Waals surface area contributed by atoms with Gasteiger partial charge in [-0.2, -0.15) is 0 Å². The summed E-state index contributed by atoms with van der Waals surface area (Å²) in [6.45, 7) is 10.0. The van der Waals surface area contributed by atoms with Crippen LogP contribution in [0.5, 0.6) is 0 Å². The Hall–Kier alpha value is -1.79. The fourth-order valence-corrected chi connectivity index (χ4v) is 3.07. The van der Waals surface area contributed by atoms with Crippen molar-refractivity contribution in [2.24, 2.45) is 12.8 Å². The molecule has 2 heterocycles. The average Bonchev–Trinajstić information content (AvgIpc) is 2.82. The van der Waals surface area contributed by atoms with Gasteiger partial charge in [0.1, 0.15) is 0 Å². The van der Waals surface area contributed by atoms with Gasteiger partial charge in [0.25, 0.3) is 5.91 Å². The number of aryl methyl sites for hydroxylation is 2. The van der Waals surface area contributed by atoms with Crippen molar-refractivity contribution in [3.05, 3.63) is 29.5 Å². The van der Waals surface area contributed by atoms with Crippen LogP contribution in [-0.2, 0) is 16.4 Å². The molecule has 1 fully saturated rings. The highest BCUT2D eigenvalue weighted by Crippen LogP contribution is 2.37. The van der Waals surface area contributed by atoms with Crippen LogP contribution in [0.25, 0.3) is 10.9 Å². The van der Waals surface area contributed by atoms with Gasteiger partial charge in [-0.1, -0.05) is 6.07 Å². The first-order valence-corrected chi connectivity index (χ1v) is 7.78. The van der Waals surface area contributed by atoms with Crippen LogP contribution >= 0.6 is 0 Å². The second kappa shape index (κ2) is 4.85. The Morgan fingerprint density at radius 3 is 2.26 bits per heavy atom. The van der Waals surface area contributed by atoms with Crippen LogP contribution in [-0.4, -0.2) is 28.8 Å². The van der Waals surface area contributed by atoms with E-state index in [9.17, 15) is 4.79 Å². The molecule has 0 spiro atoms. The molecule has 0 aliphatic carbocycles. The van der Waals surface area contributed by atoms with Gasteiger partial charge < -0.3 is 19.6 Å². The molecule has 1 aromatic carbocycles. The highest BCUT2D eigenvalue weighted by molar-refractivity contribution is 6.62. The van der Waals surface area contributed by atoms with Gasteiger partial charge in [-0.25, -0.2) is 0 Å². The van der Waals surface area contributed by atoms with Crippen LogP contribution in [0.2, 0.25) is 0 Å². The molecule has 1 amide bonds. The Morgan fingerprint density at radius 1 is 1.17 bits per heavy atom. The molecule has 0 saturated carbocycles. The lowest BCUT2D eigenvalue weighted by atomic mass is 9.77. The van der Waals surface area contributed by atoms with Gasteiger partial charge in [-0.15, -0.1) is 0 Å². The molecule has 3 rings (SSSR count). The zero-order valence-electron chi connectivity index (χ0n) is 14.6. The predicted octanol–water partition coefficient (Wildman–Crippen LogP) is 1.88. The monoisotopic (exact) mass is 314 g/mol. The molecule has 5 nitrogen and oxygen atoms in total. The van der Waals surface area contributed by atoms with Gasteiger partial charge in [0.15, 0.2) is 0 Å². The summed E-state index contributed by atoms with van der Waals surface area (Å²) in [5.74, 6) is -0.449. The number of carbonyl (C=O) groups excluding carboxylic acids is 1. The van der Waals surface area contributed by atoms with E-state index in [1.165, 1.54) is 0 Å². The molecule has 0 unspecified atom stereocenters. The second-order valence-electron chi connectivity index (χ2n) is 7.34. The summed E-state index contributed by atoms with van der Waals surface area (Å²) in [7, 11) is 1.40. The number of rotatable bonds is 2. The lowest BCUT2D eigenvalue weighted by Crippen LogP contribution is -2.41. The smallest absolute Gasteiger partial charge is 0.399 e. The minimum atomic E-state index is -0.512. The number of aromatic nitrogens is 1. The average molecular weight is 314 g/mol. The van der Waals surface area contributed by atoms with Crippen molar-refractivity contribution in [3.8, 4) is 0 Å². The van der Waals surface area contributed by atoms with E-state index in [-0.39, 0.29) is 0 Å². The van der Waals surface area contributed by atoms with E-state index >= 15 is 0 Å². The molecule has 0 atom stereocenters. The standard InChI is InChI=1S/C17H23BN2O3/c1-10-9-20(6)14-12(10)7-11(8-13(14)15(19)21)18-22-16(2,3)17(4,5)23-18/h7-9H,1-6H3,(H2,19,21). The number of carbonyl (C=O) groups is 1. The summed E-state index contributed by atoms with van der Waals surface area (Å²) in [6.07, 6.45) is 1.99. The second-order valence-corrected chi connectivity index (χ2v) is 7.34. The van der Waals surface area contributed by atoms with E-state index in [2.05, 4.69) is 0 Å². The Morgan fingerprint density at radius 2 is 1.74 bits per heavy atom. The maximum absolute atomic E-state index is 11.9. The summed E-state index contributed by atoms with van der Waals surface area (Å²) in [5, 5.41) is 0.994. The summed E-state index contributed by atoms with van der Waals surface area (Å²) in [5.41, 5.74) is 7.98. The number of nitrogens with two attached hydrogens (primary N) is 1. The van der Waals surface area contributed by atoms with Crippen molar-refractivity contribution in [3.63, 3.8) is 0 Å². The lowest BCUT2D eigenvalue weighted by Gasteiger charge is -2.32. The molecule has 0 bridgehead atoms. The van der Waals surface area contributed by atoms with Gasteiger partial charge in [0.2, 0.25) is 0 Å². The Kier molecular flexibility index (Phi) is 3.39. The minimum absolute atomic E-state index is 0.425. The zero-order chi connectivity index (χ0) is 17.2. The number of hydrogen-bond donors (Lipinski definition) is 1. The lowest BCUT2D eigenvalue weighted by molar-refractivity contribution is 0.00578. The van der Waals surface area contributed by atoms with Gasteiger partial charge in [-0.05, 0) is 51.7 Å². The fourth-order valence-electron chi connectivity index (χ4n) is 3.07. The van der Waals surface area contributed by atoms with Gasteiger partial charge in [0.05, 0.1) is 22.3 Å². The molecular formula is C17H23BN2O3. The summed E-state index contributed by atoms with van der Waals surface area (Å²) in [6, 6.07) is 3.81. The van der Waals surface area contributed by atoms with Crippen molar-refractivity contribution < 1.29 is 14.1 Å². The summed E-state index contributed by atoms with van der Waals surface area (Å²) >= 11 is 0. The number of amides is 1. The quantitative estimate of drug-likeness (QED) is 0.861. The zero-order valence-corrected chi connectivity index (χ0v) is 14.6. The third kappa shape index (κ3) is 2.37. The first kappa shape index (κ1) is 16.1. The van der Waals surface area contributed by atoms with Crippen molar-refractivity contribution in [2.45, 2.75) is 45.8 Å². The largest absolute Gasteiger partial charge is 0.494 e. The number of hydrogen-bond acceptors (Lipinski definition) is 3.